The quantitative estimate of drug-likeness (QED) is 0.565. The van der Waals surface area contributed by atoms with Crippen molar-refractivity contribution in [2.45, 2.75) is 25.4 Å². The number of hydrogen-bond acceptors (Lipinski definition) is 6. The Bertz CT molecular complexity index is 1120. The highest BCUT2D eigenvalue weighted by atomic mass is 19.1. The number of aliphatic hydroxyl groups excluding tert-OH is 1. The number of fused-ring (bicyclic) bond motifs is 1. The molecule has 30 heavy (non-hydrogen) atoms. The average Bonchev–Trinajstić information content (AvgIpc) is 3.41. The summed E-state index contributed by atoms with van der Waals surface area (Å²) in [6.45, 7) is 1.29. The van der Waals surface area contributed by atoms with Crippen LogP contribution in [0.3, 0.4) is 0 Å². The molecule has 0 spiro atoms. The molecule has 158 valence electrons. The number of primary amides is 1. The molecular weight excluding hydrogens is 400 g/mol. The zero-order chi connectivity index (χ0) is 21.4. The molecule has 1 saturated heterocycles. The summed E-state index contributed by atoms with van der Waals surface area (Å²) in [7, 11) is 0. The molecule has 4 N–H and O–H groups in total. The summed E-state index contributed by atoms with van der Waals surface area (Å²) in [6.07, 6.45) is 1.86. The zero-order valence-electron chi connectivity index (χ0n) is 15.8. The molecule has 1 fully saturated rings. The number of halogens is 2. The summed E-state index contributed by atoms with van der Waals surface area (Å²) < 4.78 is 38.3. The number of hydrogen-bond donors (Lipinski definition) is 3. The molecule has 0 radical (unpaired) electrons. The van der Waals surface area contributed by atoms with E-state index in [1.165, 1.54) is 6.07 Å². The number of nitrogens with zero attached hydrogens (tertiary/aromatic N) is 1. The molecule has 10 heteroatoms. The maximum atomic E-state index is 14.0. The molecular formula is C20H19F2N3O5. The summed E-state index contributed by atoms with van der Waals surface area (Å²) in [5, 5.41) is 11.7. The van der Waals surface area contributed by atoms with Gasteiger partial charge in [-0.05, 0) is 37.6 Å². The van der Waals surface area contributed by atoms with Crippen molar-refractivity contribution in [3.63, 3.8) is 0 Å². The molecule has 0 bridgehead atoms. The Labute approximate surface area is 169 Å². The Morgan fingerprint density at radius 1 is 1.27 bits per heavy atom. The van der Waals surface area contributed by atoms with Crippen LogP contribution in [0.1, 0.15) is 39.7 Å². The number of amides is 2. The molecule has 1 aliphatic heterocycles. The van der Waals surface area contributed by atoms with Crippen LogP contribution in [0.4, 0.5) is 14.5 Å². The molecule has 4 rings (SSSR count). The van der Waals surface area contributed by atoms with Gasteiger partial charge in [0.25, 0.3) is 11.8 Å². The highest BCUT2D eigenvalue weighted by Gasteiger charge is 2.27. The summed E-state index contributed by atoms with van der Waals surface area (Å²) in [4.78, 5) is 26.4. The minimum Gasteiger partial charge on any atom is -0.455 e. The second kappa shape index (κ2) is 7.88. The third-order valence-corrected chi connectivity index (χ3v) is 5.13. The van der Waals surface area contributed by atoms with Crippen LogP contribution in [-0.2, 0) is 6.54 Å². The van der Waals surface area contributed by atoms with Crippen LogP contribution >= 0.6 is 0 Å². The maximum absolute atomic E-state index is 14.0. The fourth-order valence-corrected chi connectivity index (χ4v) is 3.69. The highest BCUT2D eigenvalue weighted by Crippen LogP contribution is 2.33. The summed E-state index contributed by atoms with van der Waals surface area (Å²) >= 11 is 0. The van der Waals surface area contributed by atoms with E-state index in [-0.39, 0.29) is 29.5 Å². The van der Waals surface area contributed by atoms with Crippen LogP contribution in [-0.4, -0.2) is 41.0 Å². The molecule has 1 aliphatic rings. The minimum absolute atomic E-state index is 0.0463. The monoisotopic (exact) mass is 419 g/mol. The molecule has 0 unspecified atom stereocenters. The van der Waals surface area contributed by atoms with Gasteiger partial charge in [-0.2, -0.15) is 0 Å². The molecule has 0 aliphatic carbocycles. The number of nitrogens with one attached hydrogen (secondary N) is 1. The maximum Gasteiger partial charge on any atom is 0.291 e. The Balaban J connectivity index is 1.59. The van der Waals surface area contributed by atoms with Gasteiger partial charge in [0.1, 0.15) is 17.3 Å². The largest absolute Gasteiger partial charge is 0.455 e. The van der Waals surface area contributed by atoms with E-state index >= 15 is 0 Å². The van der Waals surface area contributed by atoms with Gasteiger partial charge in [-0.15, -0.1) is 0 Å². The molecule has 8 nitrogen and oxygen atoms in total. The smallest absolute Gasteiger partial charge is 0.291 e. The van der Waals surface area contributed by atoms with Crippen molar-refractivity contribution in [2.75, 3.05) is 18.5 Å². The van der Waals surface area contributed by atoms with Gasteiger partial charge in [0.2, 0.25) is 5.76 Å². The van der Waals surface area contributed by atoms with Gasteiger partial charge in [-0.3, -0.25) is 14.5 Å². The van der Waals surface area contributed by atoms with Gasteiger partial charge in [-0.1, -0.05) is 0 Å². The molecule has 1 atom stereocenters. The molecule has 3 aromatic rings. The summed E-state index contributed by atoms with van der Waals surface area (Å²) in [5.74, 6) is -3.77. The molecule has 2 aromatic heterocycles. The Morgan fingerprint density at radius 2 is 2.07 bits per heavy atom. The van der Waals surface area contributed by atoms with Crippen molar-refractivity contribution in [2.24, 2.45) is 5.73 Å². The van der Waals surface area contributed by atoms with Gasteiger partial charge in [0.15, 0.2) is 17.2 Å². The lowest BCUT2D eigenvalue weighted by Crippen LogP contribution is -2.31. The third-order valence-electron chi connectivity index (χ3n) is 5.13. The lowest BCUT2D eigenvalue weighted by molar-refractivity contribution is 0.0976. The van der Waals surface area contributed by atoms with E-state index in [4.69, 9.17) is 14.6 Å². The second-order valence-corrected chi connectivity index (χ2v) is 7.10. The Morgan fingerprint density at radius 3 is 2.80 bits per heavy atom. The Kier molecular flexibility index (Phi) is 5.27. The van der Waals surface area contributed by atoms with Crippen LogP contribution in [0, 0.1) is 11.6 Å². The number of furan rings is 2. The van der Waals surface area contributed by atoms with E-state index in [1.807, 2.05) is 0 Å². The van der Waals surface area contributed by atoms with Crippen LogP contribution in [0.25, 0.3) is 11.0 Å². The first-order valence-electron chi connectivity index (χ1n) is 9.33. The predicted octanol–water partition coefficient (Wildman–Crippen LogP) is 2.61. The van der Waals surface area contributed by atoms with Crippen LogP contribution in [0.15, 0.2) is 33.1 Å². The van der Waals surface area contributed by atoms with Crippen LogP contribution in [0.2, 0.25) is 0 Å². The van der Waals surface area contributed by atoms with E-state index in [9.17, 15) is 23.5 Å². The first-order valence-corrected chi connectivity index (χ1v) is 9.33. The van der Waals surface area contributed by atoms with Crippen molar-refractivity contribution in [3.05, 3.63) is 53.2 Å². The highest BCUT2D eigenvalue weighted by molar-refractivity contribution is 6.13. The van der Waals surface area contributed by atoms with Gasteiger partial charge in [0.05, 0.1) is 18.5 Å². The number of benzene rings is 1. The van der Waals surface area contributed by atoms with E-state index in [2.05, 4.69) is 10.2 Å². The van der Waals surface area contributed by atoms with Crippen molar-refractivity contribution in [1.82, 2.24) is 4.90 Å². The number of carbonyl (C=O) groups excluding carboxylic acids is 2. The van der Waals surface area contributed by atoms with Crippen molar-refractivity contribution in [1.29, 1.82) is 0 Å². The predicted molar refractivity (Wildman–Crippen MR) is 102 cm³/mol. The first-order chi connectivity index (χ1) is 14.4. The number of likely N-dealkylation sites (tertiary alicyclic amines) is 1. The number of carbonyl (C=O) groups is 2. The normalized spacial score (nSPS) is 17.0. The van der Waals surface area contributed by atoms with Gasteiger partial charge in [-0.25, -0.2) is 8.78 Å². The summed E-state index contributed by atoms with van der Waals surface area (Å²) in [5.41, 5.74) is 4.62. The molecule has 1 aromatic carbocycles. The topological polar surface area (TPSA) is 122 Å². The minimum atomic E-state index is -1.05. The lowest BCUT2D eigenvalue weighted by Gasteiger charge is -2.21. The average molecular weight is 419 g/mol. The SMILES string of the molecule is NC(=O)c1oc2c(F)cc(F)cc2c1NC(=O)c1ccc(CN2CCC[C@@H]2CO)o1. The van der Waals surface area contributed by atoms with Crippen LogP contribution in [0.5, 0.6) is 0 Å². The second-order valence-electron chi connectivity index (χ2n) is 7.10. The van der Waals surface area contributed by atoms with E-state index < -0.39 is 34.8 Å². The molecule has 3 heterocycles. The number of rotatable bonds is 6. The van der Waals surface area contributed by atoms with E-state index in [0.717, 1.165) is 25.5 Å². The lowest BCUT2D eigenvalue weighted by atomic mass is 10.2. The van der Waals surface area contributed by atoms with Gasteiger partial charge in [0, 0.05) is 12.1 Å². The van der Waals surface area contributed by atoms with Crippen molar-refractivity contribution >= 4 is 28.5 Å². The fourth-order valence-electron chi connectivity index (χ4n) is 3.69. The van der Waals surface area contributed by atoms with Crippen LogP contribution < -0.4 is 11.1 Å². The van der Waals surface area contributed by atoms with Crippen molar-refractivity contribution < 1.29 is 32.3 Å². The number of nitrogens with two attached hydrogens (primary N) is 1. The standard InChI is InChI=1S/C20H19F2N3O5/c21-10-6-13-16(18(19(23)27)30-17(13)14(22)7-10)24-20(28)15-4-3-12(29-15)8-25-5-1-2-11(25)9-26/h3-4,6-7,11,26H,1-2,5,8-9H2,(H2,23,27)(H,24,28)/t11-/m1/s1. The van der Waals surface area contributed by atoms with E-state index in [0.29, 0.717) is 18.4 Å². The zero-order valence-corrected chi connectivity index (χ0v) is 15.8. The van der Waals surface area contributed by atoms with Gasteiger partial charge < -0.3 is 25.0 Å². The first kappa shape index (κ1) is 20.0. The fraction of sp³-hybridized carbons (Fsp3) is 0.300. The summed E-state index contributed by atoms with van der Waals surface area (Å²) in [6, 6.07) is 4.65. The Hall–Kier alpha value is -3.24. The number of anilines is 1. The molecule has 0 saturated carbocycles. The molecule has 2 amide bonds. The number of aliphatic hydroxyl groups is 1. The van der Waals surface area contributed by atoms with E-state index in [1.54, 1.807) is 6.07 Å². The van der Waals surface area contributed by atoms with Gasteiger partial charge >= 0.3 is 0 Å². The third kappa shape index (κ3) is 3.66. The van der Waals surface area contributed by atoms with Crippen molar-refractivity contribution in [3.8, 4) is 0 Å².